The van der Waals surface area contributed by atoms with E-state index >= 15 is 0 Å². The van der Waals surface area contributed by atoms with E-state index in [0.717, 1.165) is 19.3 Å². The summed E-state index contributed by atoms with van der Waals surface area (Å²) in [6.45, 7) is 7.02. The van der Waals surface area contributed by atoms with Crippen LogP contribution >= 0.6 is 0 Å². The Kier molecular flexibility index (Phi) is 5.58. The van der Waals surface area contributed by atoms with Gasteiger partial charge in [0.05, 0.1) is 6.04 Å². The van der Waals surface area contributed by atoms with Crippen LogP contribution in [0.1, 0.15) is 33.1 Å². The summed E-state index contributed by atoms with van der Waals surface area (Å²) in [5.74, 6) is 0.267. The van der Waals surface area contributed by atoms with Crippen LogP contribution in [-0.2, 0) is 14.3 Å². The molecule has 0 bridgehead atoms. The summed E-state index contributed by atoms with van der Waals surface area (Å²) in [4.78, 5) is 28.1. The molecule has 0 spiro atoms. The molecule has 21 heavy (non-hydrogen) atoms. The average Bonchev–Trinajstić information content (AvgIpc) is 3.06. The number of hydrogen-bond acceptors (Lipinski definition) is 4. The van der Waals surface area contributed by atoms with Gasteiger partial charge >= 0.3 is 0 Å². The van der Waals surface area contributed by atoms with Crippen molar-refractivity contribution in [2.45, 2.75) is 45.3 Å². The van der Waals surface area contributed by atoms with Crippen LogP contribution in [0.4, 0.5) is 0 Å². The summed E-state index contributed by atoms with van der Waals surface area (Å²) in [7, 11) is 0. The molecule has 0 aromatic heterocycles. The zero-order valence-corrected chi connectivity index (χ0v) is 13.1. The van der Waals surface area contributed by atoms with Gasteiger partial charge in [-0.25, -0.2) is 0 Å². The lowest BCUT2D eigenvalue weighted by Crippen LogP contribution is -2.56. The van der Waals surface area contributed by atoms with Gasteiger partial charge in [0, 0.05) is 32.8 Å². The Morgan fingerprint density at radius 2 is 1.86 bits per heavy atom. The zero-order chi connectivity index (χ0) is 15.4. The summed E-state index contributed by atoms with van der Waals surface area (Å²) in [6, 6.07) is -0.435. The predicted molar refractivity (Wildman–Crippen MR) is 79.6 cm³/mol. The number of rotatable bonds is 4. The second-order valence-electron chi connectivity index (χ2n) is 6.06. The lowest BCUT2D eigenvalue weighted by molar-refractivity contribution is -0.146. The van der Waals surface area contributed by atoms with Crippen molar-refractivity contribution in [1.29, 1.82) is 0 Å². The molecule has 0 aromatic rings. The van der Waals surface area contributed by atoms with E-state index in [4.69, 9.17) is 10.5 Å². The largest absolute Gasteiger partial charge is 0.368 e. The maximum atomic E-state index is 12.3. The topological polar surface area (TPSA) is 75.9 Å². The number of carbonyl (C=O) groups excluding carboxylic acids is 2. The lowest BCUT2D eigenvalue weighted by Gasteiger charge is -2.37. The molecular weight excluding hydrogens is 270 g/mol. The van der Waals surface area contributed by atoms with Crippen molar-refractivity contribution < 1.29 is 14.3 Å². The molecule has 2 N–H and O–H groups in total. The first-order chi connectivity index (χ1) is 10.0. The quantitative estimate of drug-likeness (QED) is 0.805. The first kappa shape index (κ1) is 16.2. The van der Waals surface area contributed by atoms with Crippen LogP contribution in [0.15, 0.2) is 0 Å². The van der Waals surface area contributed by atoms with Crippen molar-refractivity contribution in [2.24, 2.45) is 11.7 Å². The van der Waals surface area contributed by atoms with Crippen molar-refractivity contribution in [3.05, 3.63) is 0 Å². The zero-order valence-electron chi connectivity index (χ0n) is 13.1. The molecule has 2 amide bonds. The van der Waals surface area contributed by atoms with E-state index in [9.17, 15) is 9.59 Å². The molecule has 2 rings (SSSR count). The monoisotopic (exact) mass is 297 g/mol. The fourth-order valence-corrected chi connectivity index (χ4v) is 2.83. The van der Waals surface area contributed by atoms with Gasteiger partial charge in [-0.2, -0.15) is 0 Å². The number of carbonyl (C=O) groups is 2. The molecule has 1 unspecified atom stereocenters. The molecule has 0 saturated carbocycles. The van der Waals surface area contributed by atoms with Gasteiger partial charge in [-0.1, -0.05) is 20.3 Å². The fraction of sp³-hybridized carbons (Fsp3) is 0.867. The predicted octanol–water partition coefficient (Wildman–Crippen LogP) is 0.210. The van der Waals surface area contributed by atoms with E-state index in [0.29, 0.717) is 32.8 Å². The molecule has 6 heteroatoms. The highest BCUT2D eigenvalue weighted by atomic mass is 16.5. The third-order valence-electron chi connectivity index (χ3n) is 4.65. The summed E-state index contributed by atoms with van der Waals surface area (Å²) in [6.07, 6.45) is 2.40. The number of amides is 2. The number of nitrogens with two attached hydrogens (primary N) is 1. The Morgan fingerprint density at radius 3 is 2.38 bits per heavy atom. The van der Waals surface area contributed by atoms with Crippen LogP contribution in [0.2, 0.25) is 0 Å². The second kappa shape index (κ2) is 7.22. The molecule has 120 valence electrons. The van der Waals surface area contributed by atoms with E-state index in [1.807, 2.05) is 18.7 Å². The molecule has 0 radical (unpaired) electrons. The third kappa shape index (κ3) is 3.74. The molecule has 2 aliphatic rings. The smallest absolute Gasteiger partial charge is 0.251 e. The van der Waals surface area contributed by atoms with Crippen LogP contribution in [0, 0.1) is 5.92 Å². The molecule has 2 fully saturated rings. The van der Waals surface area contributed by atoms with Gasteiger partial charge < -0.3 is 20.3 Å². The molecular formula is C15H27N3O3. The highest BCUT2D eigenvalue weighted by Crippen LogP contribution is 2.17. The Labute approximate surface area is 126 Å². The van der Waals surface area contributed by atoms with E-state index in [1.54, 1.807) is 4.90 Å². The summed E-state index contributed by atoms with van der Waals surface area (Å²) >= 11 is 0. The van der Waals surface area contributed by atoms with Crippen molar-refractivity contribution in [2.75, 3.05) is 32.8 Å². The normalized spacial score (nSPS) is 25.8. The molecule has 6 nitrogen and oxygen atoms in total. The van der Waals surface area contributed by atoms with Gasteiger partial charge in [0.2, 0.25) is 5.91 Å². The molecule has 0 aliphatic carbocycles. The first-order valence-electron chi connectivity index (χ1n) is 7.99. The second-order valence-corrected chi connectivity index (χ2v) is 6.06. The van der Waals surface area contributed by atoms with Crippen molar-refractivity contribution in [3.63, 3.8) is 0 Å². The first-order valence-corrected chi connectivity index (χ1v) is 7.99. The van der Waals surface area contributed by atoms with Crippen molar-refractivity contribution in [3.8, 4) is 0 Å². The van der Waals surface area contributed by atoms with Crippen molar-refractivity contribution >= 4 is 11.8 Å². The minimum atomic E-state index is -0.435. The average molecular weight is 297 g/mol. The number of nitrogens with zero attached hydrogens (tertiary/aromatic N) is 2. The SMILES string of the molecule is CC[C@H](C)[C@H](N)C(=O)N1CCN(C(=O)C2CCCO2)CC1. The summed E-state index contributed by atoms with van der Waals surface area (Å²) in [5.41, 5.74) is 6.00. The lowest BCUT2D eigenvalue weighted by atomic mass is 9.98. The number of ether oxygens (including phenoxy) is 1. The molecule has 2 heterocycles. The minimum absolute atomic E-state index is 0.00793. The Bertz CT molecular complexity index is 374. The highest BCUT2D eigenvalue weighted by Gasteiger charge is 2.33. The standard InChI is InChI=1S/C15H27N3O3/c1-3-11(2)13(16)15(20)18-8-6-17(7-9-18)14(19)12-5-4-10-21-12/h11-13H,3-10,16H2,1-2H3/t11-,12?,13-/m0/s1. The van der Waals surface area contributed by atoms with E-state index in [1.165, 1.54) is 0 Å². The van der Waals surface area contributed by atoms with Crippen LogP contribution in [0.3, 0.4) is 0 Å². The van der Waals surface area contributed by atoms with Crippen molar-refractivity contribution in [1.82, 2.24) is 9.80 Å². The van der Waals surface area contributed by atoms with Crippen LogP contribution in [0.25, 0.3) is 0 Å². The maximum Gasteiger partial charge on any atom is 0.251 e. The van der Waals surface area contributed by atoms with Gasteiger partial charge in [0.1, 0.15) is 6.10 Å². The molecule has 0 aromatic carbocycles. The summed E-state index contributed by atoms with van der Waals surface area (Å²) in [5, 5.41) is 0. The maximum absolute atomic E-state index is 12.3. The molecule has 3 atom stereocenters. The van der Waals surface area contributed by atoms with Gasteiger partial charge in [0.15, 0.2) is 0 Å². The van der Waals surface area contributed by atoms with Gasteiger partial charge in [-0.3, -0.25) is 9.59 Å². The Hall–Kier alpha value is -1.14. The van der Waals surface area contributed by atoms with Crippen LogP contribution in [0.5, 0.6) is 0 Å². The van der Waals surface area contributed by atoms with Crippen LogP contribution < -0.4 is 5.73 Å². The molecule has 2 saturated heterocycles. The van der Waals surface area contributed by atoms with Crippen LogP contribution in [-0.4, -0.2) is 66.5 Å². The summed E-state index contributed by atoms with van der Waals surface area (Å²) < 4.78 is 5.43. The number of piperazine rings is 1. The fourth-order valence-electron chi connectivity index (χ4n) is 2.83. The van der Waals surface area contributed by atoms with E-state index in [-0.39, 0.29) is 23.8 Å². The Morgan fingerprint density at radius 1 is 1.24 bits per heavy atom. The highest BCUT2D eigenvalue weighted by molar-refractivity contribution is 5.83. The Balaban J connectivity index is 1.82. The molecule has 2 aliphatic heterocycles. The number of hydrogen-bond donors (Lipinski definition) is 1. The van der Waals surface area contributed by atoms with E-state index < -0.39 is 6.04 Å². The van der Waals surface area contributed by atoms with Gasteiger partial charge in [-0.15, -0.1) is 0 Å². The third-order valence-corrected chi connectivity index (χ3v) is 4.65. The van der Waals surface area contributed by atoms with Gasteiger partial charge in [-0.05, 0) is 18.8 Å². The minimum Gasteiger partial charge on any atom is -0.368 e. The van der Waals surface area contributed by atoms with Gasteiger partial charge in [0.25, 0.3) is 5.91 Å². The van der Waals surface area contributed by atoms with E-state index in [2.05, 4.69) is 0 Å².